The molecule has 0 saturated carbocycles. The Balaban J connectivity index is 2.02. The molecule has 0 radical (unpaired) electrons. The summed E-state index contributed by atoms with van der Waals surface area (Å²) in [6.45, 7) is 3.89. The minimum Gasteiger partial charge on any atom is -0.324 e. The van der Waals surface area contributed by atoms with Crippen molar-refractivity contribution in [3.63, 3.8) is 0 Å². The molecule has 1 fully saturated rings. The summed E-state index contributed by atoms with van der Waals surface area (Å²) in [5, 5.41) is 11.9. The van der Waals surface area contributed by atoms with Crippen LogP contribution in [0.25, 0.3) is 0 Å². The maximum Gasteiger partial charge on any atom is 0.241 e. The molecule has 0 aromatic heterocycles. The van der Waals surface area contributed by atoms with E-state index in [4.69, 9.17) is 5.26 Å². The number of nitrogens with one attached hydrogen (secondary N) is 1. The fraction of sp³-hybridized carbons (Fsp3) is 0.467. The monoisotopic (exact) mass is 257 g/mol. The first-order valence-corrected chi connectivity index (χ1v) is 6.76. The smallest absolute Gasteiger partial charge is 0.241 e. The van der Waals surface area contributed by atoms with Crippen molar-refractivity contribution in [2.45, 2.75) is 32.2 Å². The molecule has 1 aromatic carbocycles. The van der Waals surface area contributed by atoms with Crippen molar-refractivity contribution in [1.82, 2.24) is 4.90 Å². The number of hydrogen-bond acceptors (Lipinski definition) is 3. The fourth-order valence-electron chi connectivity index (χ4n) is 2.40. The predicted octanol–water partition coefficient (Wildman–Crippen LogP) is 2.37. The van der Waals surface area contributed by atoms with Gasteiger partial charge in [0.15, 0.2) is 0 Å². The van der Waals surface area contributed by atoms with Crippen LogP contribution in [-0.2, 0) is 4.79 Å². The number of amides is 1. The first-order valence-electron chi connectivity index (χ1n) is 6.76. The summed E-state index contributed by atoms with van der Waals surface area (Å²) < 4.78 is 0. The minimum absolute atomic E-state index is 0.0374. The van der Waals surface area contributed by atoms with Crippen LogP contribution in [-0.4, -0.2) is 29.9 Å². The fourth-order valence-corrected chi connectivity index (χ4v) is 2.40. The highest BCUT2D eigenvalue weighted by Gasteiger charge is 2.23. The third-order valence-electron chi connectivity index (χ3n) is 3.62. The van der Waals surface area contributed by atoms with E-state index in [-0.39, 0.29) is 11.9 Å². The lowest BCUT2D eigenvalue weighted by atomic mass is 10.1. The number of nitriles is 1. The summed E-state index contributed by atoms with van der Waals surface area (Å²) in [5.41, 5.74) is 1.10. The highest BCUT2D eigenvalue weighted by Crippen LogP contribution is 2.16. The number of nitrogens with zero attached hydrogens (tertiary/aromatic N) is 2. The highest BCUT2D eigenvalue weighted by molar-refractivity contribution is 5.95. The van der Waals surface area contributed by atoms with Crippen molar-refractivity contribution in [1.29, 1.82) is 5.26 Å². The van der Waals surface area contributed by atoms with Gasteiger partial charge in [-0.1, -0.05) is 18.6 Å². The van der Waals surface area contributed by atoms with Crippen LogP contribution in [0.2, 0.25) is 0 Å². The minimum atomic E-state index is -0.146. The number of anilines is 1. The van der Waals surface area contributed by atoms with E-state index in [0.29, 0.717) is 11.3 Å². The Morgan fingerprint density at radius 3 is 2.68 bits per heavy atom. The molecule has 1 heterocycles. The molecule has 1 amide bonds. The Hall–Kier alpha value is -1.86. The van der Waals surface area contributed by atoms with Gasteiger partial charge >= 0.3 is 0 Å². The summed E-state index contributed by atoms with van der Waals surface area (Å²) in [6, 6.07) is 9.03. The van der Waals surface area contributed by atoms with Gasteiger partial charge in [0.25, 0.3) is 0 Å². The van der Waals surface area contributed by atoms with E-state index in [0.717, 1.165) is 25.9 Å². The molecule has 4 heteroatoms. The maximum atomic E-state index is 12.2. The molecule has 1 aliphatic heterocycles. The number of piperidine rings is 1. The third kappa shape index (κ3) is 3.33. The van der Waals surface area contributed by atoms with Gasteiger partial charge in [-0.05, 0) is 45.0 Å². The molecule has 0 aliphatic carbocycles. The number of para-hydroxylation sites is 1. The largest absolute Gasteiger partial charge is 0.324 e. The Labute approximate surface area is 114 Å². The molecular formula is C15H19N3O. The summed E-state index contributed by atoms with van der Waals surface area (Å²) in [4.78, 5) is 14.4. The Morgan fingerprint density at radius 2 is 2.00 bits per heavy atom. The molecule has 1 atom stereocenters. The lowest BCUT2D eigenvalue weighted by Gasteiger charge is -2.31. The van der Waals surface area contributed by atoms with E-state index in [9.17, 15) is 4.79 Å². The van der Waals surface area contributed by atoms with Crippen LogP contribution in [0.15, 0.2) is 24.3 Å². The quantitative estimate of drug-likeness (QED) is 0.904. The van der Waals surface area contributed by atoms with Gasteiger partial charge in [-0.3, -0.25) is 9.69 Å². The lowest BCUT2D eigenvalue weighted by Crippen LogP contribution is -2.44. The molecule has 1 N–H and O–H groups in total. The van der Waals surface area contributed by atoms with Gasteiger partial charge < -0.3 is 5.32 Å². The molecule has 1 aliphatic rings. The lowest BCUT2D eigenvalue weighted by molar-refractivity contribution is -0.121. The van der Waals surface area contributed by atoms with Crippen LogP contribution < -0.4 is 5.32 Å². The number of carbonyl (C=O) groups is 1. The third-order valence-corrected chi connectivity index (χ3v) is 3.62. The summed E-state index contributed by atoms with van der Waals surface area (Å²) in [5.74, 6) is -0.0374. The van der Waals surface area contributed by atoms with Gasteiger partial charge in [0, 0.05) is 0 Å². The van der Waals surface area contributed by atoms with E-state index < -0.39 is 0 Å². The van der Waals surface area contributed by atoms with Crippen molar-refractivity contribution in [2.75, 3.05) is 18.4 Å². The molecule has 4 nitrogen and oxygen atoms in total. The van der Waals surface area contributed by atoms with Crippen LogP contribution >= 0.6 is 0 Å². The second-order valence-corrected chi connectivity index (χ2v) is 4.92. The van der Waals surface area contributed by atoms with Crippen LogP contribution in [0.3, 0.4) is 0 Å². The van der Waals surface area contributed by atoms with Crippen LogP contribution in [0.5, 0.6) is 0 Å². The van der Waals surface area contributed by atoms with E-state index in [1.165, 1.54) is 6.42 Å². The topological polar surface area (TPSA) is 56.1 Å². The first-order chi connectivity index (χ1) is 9.22. The molecule has 2 rings (SSSR count). The van der Waals surface area contributed by atoms with Gasteiger partial charge in [-0.2, -0.15) is 5.26 Å². The number of benzene rings is 1. The summed E-state index contributed by atoms with van der Waals surface area (Å²) >= 11 is 0. The van der Waals surface area contributed by atoms with Gasteiger partial charge in [0.1, 0.15) is 6.07 Å². The second-order valence-electron chi connectivity index (χ2n) is 4.92. The van der Waals surface area contributed by atoms with Gasteiger partial charge in [-0.25, -0.2) is 0 Å². The van der Waals surface area contributed by atoms with E-state index in [1.54, 1.807) is 18.2 Å². The normalized spacial score (nSPS) is 17.5. The van der Waals surface area contributed by atoms with Gasteiger partial charge in [0.05, 0.1) is 17.3 Å². The predicted molar refractivity (Wildman–Crippen MR) is 74.7 cm³/mol. The van der Waals surface area contributed by atoms with E-state index in [1.807, 2.05) is 13.0 Å². The summed E-state index contributed by atoms with van der Waals surface area (Å²) in [6.07, 6.45) is 3.57. The van der Waals surface area contributed by atoms with Crippen molar-refractivity contribution >= 4 is 11.6 Å². The number of rotatable bonds is 3. The SMILES string of the molecule is C[C@H](C(=O)Nc1ccccc1C#N)N1CCCCC1. The molecule has 1 aromatic rings. The average Bonchev–Trinajstić information content (AvgIpc) is 2.48. The molecule has 0 unspecified atom stereocenters. The maximum absolute atomic E-state index is 12.2. The van der Waals surface area contributed by atoms with Crippen molar-refractivity contribution in [2.24, 2.45) is 0 Å². The molecule has 1 saturated heterocycles. The zero-order chi connectivity index (χ0) is 13.7. The van der Waals surface area contributed by atoms with Gasteiger partial charge in [0.2, 0.25) is 5.91 Å². The standard InChI is InChI=1S/C15H19N3O/c1-12(18-9-5-2-6-10-18)15(19)17-14-8-4-3-7-13(14)11-16/h3-4,7-8,12H,2,5-6,9-10H2,1H3,(H,17,19)/t12-/m1/s1. The van der Waals surface area contributed by atoms with Gasteiger partial charge in [-0.15, -0.1) is 0 Å². The zero-order valence-corrected chi connectivity index (χ0v) is 11.2. The van der Waals surface area contributed by atoms with E-state index in [2.05, 4.69) is 16.3 Å². The van der Waals surface area contributed by atoms with Crippen LogP contribution in [0.1, 0.15) is 31.7 Å². The van der Waals surface area contributed by atoms with Crippen molar-refractivity contribution in [3.05, 3.63) is 29.8 Å². The number of carbonyl (C=O) groups excluding carboxylic acids is 1. The molecule has 19 heavy (non-hydrogen) atoms. The first kappa shape index (κ1) is 13.6. The molecule has 0 spiro atoms. The summed E-state index contributed by atoms with van der Waals surface area (Å²) in [7, 11) is 0. The van der Waals surface area contributed by atoms with Crippen LogP contribution in [0.4, 0.5) is 5.69 Å². The van der Waals surface area contributed by atoms with E-state index >= 15 is 0 Å². The average molecular weight is 257 g/mol. The van der Waals surface area contributed by atoms with Crippen molar-refractivity contribution in [3.8, 4) is 6.07 Å². The van der Waals surface area contributed by atoms with Crippen molar-refractivity contribution < 1.29 is 4.79 Å². The molecular weight excluding hydrogens is 238 g/mol. The number of hydrogen-bond donors (Lipinski definition) is 1. The van der Waals surface area contributed by atoms with Crippen LogP contribution in [0, 0.1) is 11.3 Å². The Bertz CT molecular complexity index is 486. The second kappa shape index (κ2) is 6.35. The molecule has 100 valence electrons. The number of likely N-dealkylation sites (tertiary alicyclic amines) is 1. The zero-order valence-electron chi connectivity index (χ0n) is 11.2. The Morgan fingerprint density at radius 1 is 1.32 bits per heavy atom. The Kier molecular flexibility index (Phi) is 4.53. The highest BCUT2D eigenvalue weighted by atomic mass is 16.2. The molecule has 0 bridgehead atoms.